The first kappa shape index (κ1) is 27.1. The van der Waals surface area contributed by atoms with Crippen molar-refractivity contribution in [3.8, 4) is 0 Å². The summed E-state index contributed by atoms with van der Waals surface area (Å²) in [7, 11) is 1.32. The maximum atomic E-state index is 12.8. The summed E-state index contributed by atoms with van der Waals surface area (Å²) in [5, 5.41) is 0. The first-order valence-corrected chi connectivity index (χ1v) is 12.6. The van der Waals surface area contributed by atoms with Crippen LogP contribution >= 0.6 is 24.0 Å². The zero-order valence-corrected chi connectivity index (χ0v) is 21.7. The fourth-order valence-corrected chi connectivity index (χ4v) is 4.80. The second-order valence-electron chi connectivity index (χ2n) is 8.07. The number of carbonyl (C=O) groups excluding carboxylic acids is 4. The molecule has 1 aliphatic rings. The van der Waals surface area contributed by atoms with E-state index >= 15 is 0 Å². The van der Waals surface area contributed by atoms with E-state index < -0.39 is 5.97 Å². The Bertz CT molecular complexity index is 1190. The lowest BCUT2D eigenvalue weighted by molar-refractivity contribution is -0.123. The second kappa shape index (κ2) is 13.0. The van der Waals surface area contributed by atoms with Gasteiger partial charge in [-0.15, -0.1) is 0 Å². The van der Waals surface area contributed by atoms with Crippen LogP contribution in [0.4, 0.5) is 0 Å². The first-order chi connectivity index (χ1) is 17.3. The Hall–Kier alpha value is -3.50. The highest BCUT2D eigenvalue weighted by molar-refractivity contribution is 8.26. The fourth-order valence-electron chi connectivity index (χ4n) is 3.49. The summed E-state index contributed by atoms with van der Waals surface area (Å²) in [6, 6.07) is 13.9. The number of benzene rings is 2. The van der Waals surface area contributed by atoms with E-state index in [9.17, 15) is 19.2 Å². The number of aryl methyl sites for hydroxylation is 1. The molecule has 0 radical (unpaired) electrons. The molecule has 8 nitrogen and oxygen atoms in total. The molecule has 3 rings (SSSR count). The highest BCUT2D eigenvalue weighted by Gasteiger charge is 2.31. The highest BCUT2D eigenvalue weighted by Crippen LogP contribution is 2.32. The van der Waals surface area contributed by atoms with E-state index in [1.165, 1.54) is 18.9 Å². The summed E-state index contributed by atoms with van der Waals surface area (Å²) in [6.07, 6.45) is 4.04. The van der Waals surface area contributed by atoms with Crippen LogP contribution in [0.2, 0.25) is 0 Å². The minimum atomic E-state index is -0.419. The summed E-state index contributed by atoms with van der Waals surface area (Å²) >= 11 is 6.61. The number of esters is 1. The average molecular weight is 526 g/mol. The second-order valence-corrected chi connectivity index (χ2v) is 9.75. The van der Waals surface area contributed by atoms with Crippen molar-refractivity contribution in [2.45, 2.75) is 32.6 Å². The van der Waals surface area contributed by atoms with Crippen LogP contribution in [0.15, 0.2) is 53.4 Å². The molecular formula is C26H27N3O5S2. The third-order valence-electron chi connectivity index (χ3n) is 5.49. The number of methoxy groups -OCH3 is 1. The van der Waals surface area contributed by atoms with E-state index in [0.717, 1.165) is 17.5 Å². The van der Waals surface area contributed by atoms with Crippen LogP contribution in [0, 0.1) is 6.92 Å². The molecule has 36 heavy (non-hydrogen) atoms. The number of unbranched alkanes of at least 4 members (excludes halogenated alkanes) is 2. The largest absolute Gasteiger partial charge is 0.465 e. The summed E-state index contributed by atoms with van der Waals surface area (Å²) in [6.45, 7) is 2.30. The third kappa shape index (κ3) is 7.25. The molecule has 188 valence electrons. The van der Waals surface area contributed by atoms with Crippen molar-refractivity contribution in [1.29, 1.82) is 0 Å². The quantitative estimate of drug-likeness (QED) is 0.168. The molecule has 3 amide bonds. The van der Waals surface area contributed by atoms with Crippen molar-refractivity contribution < 1.29 is 23.9 Å². The van der Waals surface area contributed by atoms with Crippen LogP contribution in [-0.2, 0) is 14.3 Å². The van der Waals surface area contributed by atoms with Gasteiger partial charge in [0.25, 0.3) is 11.8 Å². The maximum absolute atomic E-state index is 12.8. The molecule has 2 N–H and O–H groups in total. The normalized spacial score (nSPS) is 14.2. The van der Waals surface area contributed by atoms with Crippen molar-refractivity contribution >= 4 is 58.1 Å². The van der Waals surface area contributed by atoms with Gasteiger partial charge >= 0.3 is 5.97 Å². The smallest absolute Gasteiger partial charge is 0.337 e. The van der Waals surface area contributed by atoms with Crippen molar-refractivity contribution in [1.82, 2.24) is 15.8 Å². The Labute approximate surface area is 219 Å². The molecule has 0 aliphatic carbocycles. The van der Waals surface area contributed by atoms with E-state index in [2.05, 4.69) is 15.6 Å². The molecule has 0 spiro atoms. The Balaban J connectivity index is 1.39. The third-order valence-corrected chi connectivity index (χ3v) is 6.87. The Kier molecular flexibility index (Phi) is 9.77. The van der Waals surface area contributed by atoms with Crippen LogP contribution in [0.1, 0.15) is 57.5 Å². The number of ether oxygens (including phenoxy) is 1. The van der Waals surface area contributed by atoms with E-state index in [0.29, 0.717) is 39.7 Å². The SMILES string of the molecule is COC(=O)c1ccc(C=C2SC(=S)N(CCCCCC(=O)NNC(=O)c3ccccc3C)C2=O)cc1. The average Bonchev–Trinajstić information content (AvgIpc) is 3.14. The number of hydrogen-bond donors (Lipinski definition) is 2. The van der Waals surface area contributed by atoms with Gasteiger partial charge in [0.15, 0.2) is 0 Å². The lowest BCUT2D eigenvalue weighted by Gasteiger charge is -2.14. The van der Waals surface area contributed by atoms with Gasteiger partial charge in [0, 0.05) is 18.5 Å². The number of rotatable bonds is 9. The number of hydrogen-bond acceptors (Lipinski definition) is 7. The van der Waals surface area contributed by atoms with Gasteiger partial charge in [-0.25, -0.2) is 4.79 Å². The van der Waals surface area contributed by atoms with Crippen molar-refractivity contribution in [3.05, 3.63) is 75.7 Å². The minimum Gasteiger partial charge on any atom is -0.465 e. The van der Waals surface area contributed by atoms with Crippen molar-refractivity contribution in [2.24, 2.45) is 0 Å². The van der Waals surface area contributed by atoms with E-state index in [-0.39, 0.29) is 24.1 Å². The molecule has 1 aliphatic heterocycles. The number of nitrogens with one attached hydrogen (secondary N) is 2. The number of hydrazine groups is 1. The van der Waals surface area contributed by atoms with Crippen LogP contribution in [0.25, 0.3) is 6.08 Å². The fraction of sp³-hybridized carbons (Fsp3) is 0.269. The number of thiocarbonyl (C=S) groups is 1. The monoisotopic (exact) mass is 525 g/mol. The summed E-state index contributed by atoms with van der Waals surface area (Å²) in [5.74, 6) is -1.21. The molecule has 0 bridgehead atoms. The van der Waals surface area contributed by atoms with Gasteiger partial charge in [0.2, 0.25) is 5.91 Å². The van der Waals surface area contributed by atoms with Crippen molar-refractivity contribution in [2.75, 3.05) is 13.7 Å². The van der Waals surface area contributed by atoms with Gasteiger partial charge < -0.3 is 4.74 Å². The van der Waals surface area contributed by atoms with Crippen molar-refractivity contribution in [3.63, 3.8) is 0 Å². The summed E-state index contributed by atoms with van der Waals surface area (Å²) in [5.41, 5.74) is 7.42. The molecular weight excluding hydrogens is 498 g/mol. The van der Waals surface area contributed by atoms with Gasteiger partial charge in [0.1, 0.15) is 4.32 Å². The Morgan fingerprint density at radius 2 is 1.75 bits per heavy atom. The van der Waals surface area contributed by atoms with Crippen LogP contribution in [0.5, 0.6) is 0 Å². The predicted molar refractivity (Wildman–Crippen MR) is 143 cm³/mol. The molecule has 10 heteroatoms. The predicted octanol–water partition coefficient (Wildman–Crippen LogP) is 4.00. The molecule has 2 aromatic carbocycles. The van der Waals surface area contributed by atoms with Gasteiger partial charge in [0.05, 0.1) is 17.6 Å². The van der Waals surface area contributed by atoms with Gasteiger partial charge in [-0.1, -0.05) is 60.7 Å². The molecule has 1 fully saturated rings. The summed E-state index contributed by atoms with van der Waals surface area (Å²) in [4.78, 5) is 50.6. The first-order valence-electron chi connectivity index (χ1n) is 11.4. The lowest BCUT2D eigenvalue weighted by Crippen LogP contribution is -2.41. The number of amides is 3. The number of nitrogens with zero attached hydrogens (tertiary/aromatic N) is 1. The van der Waals surface area contributed by atoms with E-state index in [1.54, 1.807) is 47.4 Å². The summed E-state index contributed by atoms with van der Waals surface area (Å²) < 4.78 is 5.18. The standard InChI is InChI=1S/C26H27N3O5S2/c1-17-8-5-6-9-20(17)23(31)28-27-22(30)10-4-3-7-15-29-24(32)21(36-26(29)35)16-18-11-13-19(14-12-18)25(33)34-2/h5-6,8-9,11-14,16H,3-4,7,10,15H2,1-2H3,(H,27,30)(H,28,31). The molecule has 0 aromatic heterocycles. The van der Waals surface area contributed by atoms with Gasteiger partial charge in [-0.05, 0) is 55.2 Å². The lowest BCUT2D eigenvalue weighted by atomic mass is 10.1. The molecule has 1 saturated heterocycles. The topological polar surface area (TPSA) is 105 Å². The van der Waals surface area contributed by atoms with Gasteiger partial charge in [-0.2, -0.15) is 0 Å². The minimum absolute atomic E-state index is 0.154. The number of thioether (sulfide) groups is 1. The molecule has 0 atom stereocenters. The molecule has 0 unspecified atom stereocenters. The van der Waals surface area contributed by atoms with E-state index in [1.807, 2.05) is 19.1 Å². The van der Waals surface area contributed by atoms with Gasteiger partial charge in [-0.3, -0.25) is 30.1 Å². The maximum Gasteiger partial charge on any atom is 0.337 e. The molecule has 1 heterocycles. The van der Waals surface area contributed by atoms with Crippen LogP contribution in [0.3, 0.4) is 0 Å². The van der Waals surface area contributed by atoms with E-state index in [4.69, 9.17) is 12.2 Å². The van der Waals surface area contributed by atoms with Crippen LogP contribution < -0.4 is 10.9 Å². The zero-order valence-electron chi connectivity index (χ0n) is 20.0. The molecule has 2 aromatic rings. The van der Waals surface area contributed by atoms with Crippen LogP contribution in [-0.4, -0.2) is 46.6 Å². The number of carbonyl (C=O) groups is 4. The zero-order chi connectivity index (χ0) is 26.1. The Morgan fingerprint density at radius 3 is 2.44 bits per heavy atom. The molecule has 0 saturated carbocycles. The highest BCUT2D eigenvalue weighted by atomic mass is 32.2. The Morgan fingerprint density at radius 1 is 1.03 bits per heavy atom.